The highest BCUT2D eigenvalue weighted by Gasteiger charge is 2.63. The maximum Gasteiger partial charge on any atom is 0.404 e. The highest BCUT2D eigenvalue weighted by atomic mass is 19.4. The van der Waals surface area contributed by atoms with Crippen molar-refractivity contribution in [1.29, 1.82) is 0 Å². The van der Waals surface area contributed by atoms with Crippen molar-refractivity contribution in [1.82, 2.24) is 9.80 Å². The number of rotatable bonds is 7. The van der Waals surface area contributed by atoms with Crippen LogP contribution in [0.15, 0.2) is 54.6 Å². The molecule has 0 N–H and O–H groups in total. The van der Waals surface area contributed by atoms with Gasteiger partial charge < -0.3 is 9.64 Å². The molecule has 2 aromatic rings. The number of hydrogen-bond donors (Lipinski definition) is 0. The fourth-order valence-electron chi connectivity index (χ4n) is 3.92. The predicted octanol–water partition coefficient (Wildman–Crippen LogP) is 4.70. The lowest BCUT2D eigenvalue weighted by Crippen LogP contribution is -2.52. The first kappa shape index (κ1) is 23.0. The van der Waals surface area contributed by atoms with Gasteiger partial charge in [-0.15, -0.1) is 0 Å². The van der Waals surface area contributed by atoms with Crippen LogP contribution in [-0.4, -0.2) is 48.6 Å². The molecule has 0 bridgehead atoms. The second kappa shape index (κ2) is 9.21. The summed E-state index contributed by atoms with van der Waals surface area (Å²) in [5.74, 6) is -1.15. The first-order valence-electron chi connectivity index (χ1n) is 9.73. The largest absolute Gasteiger partial charge is 0.435 e. The van der Waals surface area contributed by atoms with Crippen molar-refractivity contribution in [2.75, 3.05) is 20.1 Å². The Hall–Kier alpha value is -2.68. The fraction of sp³-hybridized carbons (Fsp3) is 0.409. The van der Waals surface area contributed by atoms with Crippen LogP contribution in [0.25, 0.3) is 0 Å². The van der Waals surface area contributed by atoms with Gasteiger partial charge in [-0.2, -0.15) is 22.0 Å². The molecule has 1 aliphatic rings. The van der Waals surface area contributed by atoms with Crippen molar-refractivity contribution in [2.45, 2.75) is 32.3 Å². The molecule has 1 unspecified atom stereocenters. The van der Waals surface area contributed by atoms with E-state index in [4.69, 9.17) is 0 Å². The third-order valence-electron chi connectivity index (χ3n) is 5.44. The Labute approximate surface area is 177 Å². The number of ether oxygens (including phenoxy) is 1. The van der Waals surface area contributed by atoms with Crippen LogP contribution in [0.3, 0.4) is 0 Å². The quantitative estimate of drug-likeness (QED) is 0.583. The number of halogens is 5. The molecule has 1 saturated heterocycles. The lowest BCUT2D eigenvalue weighted by atomic mass is 9.84. The molecule has 1 fully saturated rings. The van der Waals surface area contributed by atoms with Gasteiger partial charge in [-0.3, -0.25) is 9.69 Å². The van der Waals surface area contributed by atoms with E-state index in [0.717, 1.165) is 10.5 Å². The minimum absolute atomic E-state index is 0.117. The van der Waals surface area contributed by atoms with Gasteiger partial charge in [-0.05, 0) is 36.2 Å². The van der Waals surface area contributed by atoms with E-state index in [1.807, 2.05) is 30.3 Å². The van der Waals surface area contributed by atoms with Gasteiger partial charge in [-0.25, -0.2) is 0 Å². The molecule has 1 heterocycles. The zero-order valence-electron chi connectivity index (χ0n) is 16.9. The molecule has 3 rings (SSSR count). The summed E-state index contributed by atoms with van der Waals surface area (Å²) in [6.07, 6.45) is -5.05. The van der Waals surface area contributed by atoms with Gasteiger partial charge in [0.2, 0.25) is 5.91 Å². The molecular formula is C22H23F5N2O2. The van der Waals surface area contributed by atoms with Crippen molar-refractivity contribution in [3.05, 3.63) is 65.7 Å². The number of amides is 1. The van der Waals surface area contributed by atoms with Crippen molar-refractivity contribution in [2.24, 2.45) is 5.41 Å². The van der Waals surface area contributed by atoms with E-state index in [1.54, 1.807) is 11.0 Å². The van der Waals surface area contributed by atoms with Crippen molar-refractivity contribution >= 4 is 5.91 Å². The normalized spacial score (nSPS) is 19.6. The average molecular weight is 442 g/mol. The zero-order chi connectivity index (χ0) is 22.6. The molecule has 0 radical (unpaired) electrons. The van der Waals surface area contributed by atoms with Crippen molar-refractivity contribution in [3.8, 4) is 5.75 Å². The summed E-state index contributed by atoms with van der Waals surface area (Å²) in [5.41, 5.74) is -1.24. The highest BCUT2D eigenvalue weighted by Crippen LogP contribution is 2.47. The Morgan fingerprint density at radius 1 is 1.13 bits per heavy atom. The van der Waals surface area contributed by atoms with E-state index in [-0.39, 0.29) is 25.3 Å². The third kappa shape index (κ3) is 5.33. The van der Waals surface area contributed by atoms with E-state index in [9.17, 15) is 26.7 Å². The van der Waals surface area contributed by atoms with Crippen molar-refractivity contribution < 1.29 is 31.5 Å². The molecule has 1 atom stereocenters. The van der Waals surface area contributed by atoms with Crippen LogP contribution in [0.1, 0.15) is 17.5 Å². The van der Waals surface area contributed by atoms with Crippen molar-refractivity contribution in [3.63, 3.8) is 0 Å². The zero-order valence-corrected chi connectivity index (χ0v) is 16.9. The van der Waals surface area contributed by atoms with E-state index >= 15 is 0 Å². The minimum atomic E-state index is -4.72. The number of benzene rings is 2. The van der Waals surface area contributed by atoms with E-state index in [2.05, 4.69) is 4.74 Å². The number of carbonyl (C=O) groups excluding carboxylic acids is 1. The summed E-state index contributed by atoms with van der Waals surface area (Å²) >= 11 is 0. The predicted molar refractivity (Wildman–Crippen MR) is 104 cm³/mol. The Morgan fingerprint density at radius 3 is 2.45 bits per heavy atom. The van der Waals surface area contributed by atoms with Crippen LogP contribution in [0, 0.1) is 5.41 Å². The van der Waals surface area contributed by atoms with Crippen LogP contribution in [0.5, 0.6) is 5.75 Å². The summed E-state index contributed by atoms with van der Waals surface area (Å²) in [5, 5.41) is 0. The highest BCUT2D eigenvalue weighted by molar-refractivity contribution is 5.84. The van der Waals surface area contributed by atoms with Crippen LogP contribution >= 0.6 is 0 Å². The van der Waals surface area contributed by atoms with Crippen LogP contribution < -0.4 is 4.74 Å². The van der Waals surface area contributed by atoms with Crippen LogP contribution in [0.2, 0.25) is 0 Å². The number of hydrogen-bond acceptors (Lipinski definition) is 3. The molecule has 9 heteroatoms. The molecule has 31 heavy (non-hydrogen) atoms. The molecule has 1 aliphatic heterocycles. The number of nitrogens with zero attached hydrogens (tertiary/aromatic N) is 2. The monoisotopic (exact) mass is 442 g/mol. The van der Waals surface area contributed by atoms with Gasteiger partial charge in [-0.1, -0.05) is 42.5 Å². The van der Waals surface area contributed by atoms with E-state index in [1.165, 1.54) is 25.2 Å². The van der Waals surface area contributed by atoms with Gasteiger partial charge in [0.05, 0.1) is 0 Å². The topological polar surface area (TPSA) is 32.8 Å². The van der Waals surface area contributed by atoms with Gasteiger partial charge in [0.25, 0.3) is 0 Å². The summed E-state index contributed by atoms with van der Waals surface area (Å²) in [6.45, 7) is -3.13. The Balaban J connectivity index is 1.74. The summed E-state index contributed by atoms with van der Waals surface area (Å²) in [7, 11) is 1.29. The Kier molecular flexibility index (Phi) is 6.83. The summed E-state index contributed by atoms with van der Waals surface area (Å²) < 4.78 is 71.5. The van der Waals surface area contributed by atoms with Gasteiger partial charge in [0.15, 0.2) is 5.41 Å². The second-order valence-corrected chi connectivity index (χ2v) is 7.71. The van der Waals surface area contributed by atoms with Crippen LogP contribution in [0.4, 0.5) is 22.0 Å². The summed E-state index contributed by atoms with van der Waals surface area (Å²) in [6, 6.07) is 14.7. The fourth-order valence-corrected chi connectivity index (χ4v) is 3.92. The smallest absolute Gasteiger partial charge is 0.404 e. The maximum absolute atomic E-state index is 14.1. The minimum Gasteiger partial charge on any atom is -0.435 e. The van der Waals surface area contributed by atoms with Gasteiger partial charge in [0, 0.05) is 26.7 Å². The Bertz CT molecular complexity index is 891. The standard InChI is InChI=1S/C22H23F5N2O2/c1-28(13-17-8-5-9-18(12-17)31-20(23)24)19(30)21(22(25,26)27)10-11-29(15-21)14-16-6-3-2-4-7-16/h2-9,12,20H,10-11,13-15H2,1H3. The molecule has 168 valence electrons. The lowest BCUT2D eigenvalue weighted by Gasteiger charge is -2.34. The second-order valence-electron chi connectivity index (χ2n) is 7.71. The summed E-state index contributed by atoms with van der Waals surface area (Å²) in [4.78, 5) is 15.6. The molecule has 4 nitrogen and oxygen atoms in total. The molecule has 0 aliphatic carbocycles. The molecule has 0 spiro atoms. The van der Waals surface area contributed by atoms with Gasteiger partial charge in [0.1, 0.15) is 5.75 Å². The number of carbonyl (C=O) groups is 1. The average Bonchev–Trinajstić information content (AvgIpc) is 3.13. The first-order chi connectivity index (χ1) is 14.6. The third-order valence-corrected chi connectivity index (χ3v) is 5.44. The molecule has 0 saturated carbocycles. The van der Waals surface area contributed by atoms with E-state index in [0.29, 0.717) is 12.1 Å². The Morgan fingerprint density at radius 2 is 1.81 bits per heavy atom. The van der Waals surface area contributed by atoms with Crippen LogP contribution in [-0.2, 0) is 17.9 Å². The number of alkyl halides is 5. The first-order valence-corrected chi connectivity index (χ1v) is 9.73. The molecule has 2 aromatic carbocycles. The van der Waals surface area contributed by atoms with E-state index < -0.39 is 30.7 Å². The maximum atomic E-state index is 14.1. The molecule has 0 aromatic heterocycles. The molecule has 1 amide bonds. The molecular weight excluding hydrogens is 419 g/mol. The number of likely N-dealkylation sites (tertiary alicyclic amines) is 1. The lowest BCUT2D eigenvalue weighted by molar-refractivity contribution is -0.223. The SMILES string of the molecule is CN(Cc1cccc(OC(F)F)c1)C(=O)C1(C(F)(F)F)CCN(Cc2ccccc2)C1. The van der Waals surface area contributed by atoms with Gasteiger partial charge >= 0.3 is 12.8 Å².